The van der Waals surface area contributed by atoms with Crippen LogP contribution in [-0.4, -0.2) is 25.8 Å². The van der Waals surface area contributed by atoms with Gasteiger partial charge in [-0.1, -0.05) is 6.07 Å². The zero-order valence-corrected chi connectivity index (χ0v) is 11.8. The van der Waals surface area contributed by atoms with Crippen molar-refractivity contribution in [2.24, 2.45) is 0 Å². The van der Waals surface area contributed by atoms with Crippen molar-refractivity contribution in [3.63, 3.8) is 0 Å². The summed E-state index contributed by atoms with van der Waals surface area (Å²) in [7, 11) is 1.73. The molecule has 2 aromatic rings. The molecule has 0 bridgehead atoms. The molecule has 0 spiro atoms. The number of pyridine rings is 1. The van der Waals surface area contributed by atoms with E-state index in [2.05, 4.69) is 4.98 Å². The van der Waals surface area contributed by atoms with E-state index < -0.39 is 9.05 Å². The van der Waals surface area contributed by atoms with Crippen molar-refractivity contribution < 1.29 is 13.2 Å². The van der Waals surface area contributed by atoms with E-state index in [4.69, 9.17) is 15.4 Å². The van der Waals surface area contributed by atoms with Gasteiger partial charge in [-0.15, -0.1) is 0 Å². The first-order chi connectivity index (χ1) is 9.06. The van der Waals surface area contributed by atoms with Crippen LogP contribution in [0.25, 0.3) is 10.9 Å². The maximum absolute atomic E-state index is 10.8. The maximum Gasteiger partial charge on any atom is 0.232 e. The molecule has 1 heterocycles. The largest absolute Gasteiger partial charge is 0.493 e. The molecule has 0 aliphatic heterocycles. The molecule has 0 fully saturated rings. The molecule has 6 heteroatoms. The van der Waals surface area contributed by atoms with Crippen LogP contribution in [0.3, 0.4) is 0 Å². The Balaban J connectivity index is 1.92. The Morgan fingerprint density at radius 1 is 1.16 bits per heavy atom. The fourth-order valence-electron chi connectivity index (χ4n) is 1.76. The lowest BCUT2D eigenvalue weighted by atomic mass is 10.2. The summed E-state index contributed by atoms with van der Waals surface area (Å²) in [5, 5.41) is 0.954. The number of halogens is 1. The minimum Gasteiger partial charge on any atom is -0.493 e. The number of hydrogen-bond donors (Lipinski definition) is 0. The molecular formula is C13H14ClNO3S. The van der Waals surface area contributed by atoms with Gasteiger partial charge < -0.3 is 4.74 Å². The lowest BCUT2D eigenvalue weighted by Gasteiger charge is -2.08. The van der Waals surface area contributed by atoms with Crippen LogP contribution < -0.4 is 4.74 Å². The topological polar surface area (TPSA) is 56.3 Å². The molecule has 1 aromatic carbocycles. The molecule has 0 radical (unpaired) electrons. The lowest BCUT2D eigenvalue weighted by molar-refractivity contribution is 0.313. The van der Waals surface area contributed by atoms with Gasteiger partial charge in [0.15, 0.2) is 0 Å². The van der Waals surface area contributed by atoms with Gasteiger partial charge in [-0.05, 0) is 37.1 Å². The number of rotatable bonds is 6. The van der Waals surface area contributed by atoms with Crippen molar-refractivity contribution in [3.8, 4) is 5.75 Å². The molecule has 0 amide bonds. The van der Waals surface area contributed by atoms with Crippen molar-refractivity contribution in [2.45, 2.75) is 12.8 Å². The molecule has 0 unspecified atom stereocenters. The number of aromatic nitrogens is 1. The maximum atomic E-state index is 10.8. The second-order valence-electron chi connectivity index (χ2n) is 4.12. The predicted octanol–water partition coefficient (Wildman–Crippen LogP) is 2.96. The predicted molar refractivity (Wildman–Crippen MR) is 76.1 cm³/mol. The second-order valence-corrected chi connectivity index (χ2v) is 7.02. The van der Waals surface area contributed by atoms with Crippen molar-refractivity contribution in [3.05, 3.63) is 36.5 Å². The summed E-state index contributed by atoms with van der Waals surface area (Å²) in [5.41, 5.74) is 0.878. The first-order valence-electron chi connectivity index (χ1n) is 5.95. The standard InChI is InChI=1S/C13H14ClNO3S/c14-19(16,17)10-2-1-9-18-13-7-3-6-12-11(13)5-4-8-15-12/h3-8H,1-2,9-10H2. The minimum absolute atomic E-state index is 0.0188. The number of ether oxygens (including phenoxy) is 1. The van der Waals surface area contributed by atoms with Gasteiger partial charge >= 0.3 is 0 Å². The summed E-state index contributed by atoms with van der Waals surface area (Å²) in [6.45, 7) is 0.459. The molecule has 0 aliphatic rings. The van der Waals surface area contributed by atoms with Gasteiger partial charge in [0, 0.05) is 22.3 Å². The molecular weight excluding hydrogens is 286 g/mol. The summed E-state index contributed by atoms with van der Waals surface area (Å²) in [6.07, 6.45) is 2.87. The molecule has 19 heavy (non-hydrogen) atoms. The Morgan fingerprint density at radius 2 is 2.00 bits per heavy atom. The fraction of sp³-hybridized carbons (Fsp3) is 0.308. The van der Waals surface area contributed by atoms with E-state index in [-0.39, 0.29) is 5.75 Å². The molecule has 0 aliphatic carbocycles. The van der Waals surface area contributed by atoms with Gasteiger partial charge in [-0.25, -0.2) is 8.42 Å². The van der Waals surface area contributed by atoms with Crippen LogP contribution in [0.5, 0.6) is 5.75 Å². The van der Waals surface area contributed by atoms with Crippen LogP contribution in [0.15, 0.2) is 36.5 Å². The SMILES string of the molecule is O=S(=O)(Cl)CCCCOc1cccc2ncccc12. The number of fused-ring (bicyclic) bond motifs is 1. The second kappa shape index (κ2) is 6.21. The third-order valence-electron chi connectivity index (χ3n) is 2.65. The van der Waals surface area contributed by atoms with Crippen LogP contribution in [0, 0.1) is 0 Å². The zero-order chi connectivity index (χ0) is 13.7. The first-order valence-corrected chi connectivity index (χ1v) is 8.43. The van der Waals surface area contributed by atoms with Gasteiger partial charge in [0.05, 0.1) is 17.9 Å². The first kappa shape index (κ1) is 14.1. The highest BCUT2D eigenvalue weighted by Crippen LogP contribution is 2.23. The van der Waals surface area contributed by atoms with Crippen LogP contribution >= 0.6 is 10.7 Å². The Morgan fingerprint density at radius 3 is 2.79 bits per heavy atom. The highest BCUT2D eigenvalue weighted by atomic mass is 35.7. The molecule has 0 N–H and O–H groups in total. The van der Waals surface area contributed by atoms with Gasteiger partial charge in [0.1, 0.15) is 5.75 Å². The van der Waals surface area contributed by atoms with E-state index in [1.807, 2.05) is 30.3 Å². The Bertz CT molecular complexity index is 652. The van der Waals surface area contributed by atoms with Crippen molar-refractivity contribution >= 4 is 30.6 Å². The number of benzene rings is 1. The average Bonchev–Trinajstić information content (AvgIpc) is 2.37. The highest BCUT2D eigenvalue weighted by Gasteiger charge is 2.05. The monoisotopic (exact) mass is 299 g/mol. The summed E-state index contributed by atoms with van der Waals surface area (Å²) >= 11 is 0. The average molecular weight is 300 g/mol. The lowest BCUT2D eigenvalue weighted by Crippen LogP contribution is -2.02. The van der Waals surface area contributed by atoms with Crippen LogP contribution in [0.4, 0.5) is 0 Å². The van der Waals surface area contributed by atoms with E-state index in [1.165, 1.54) is 0 Å². The third-order valence-corrected chi connectivity index (χ3v) is 3.88. The number of unbranched alkanes of at least 4 members (excludes halogenated alkanes) is 1. The van der Waals surface area contributed by atoms with Gasteiger partial charge in [0.25, 0.3) is 0 Å². The Labute approximate surface area is 116 Å². The molecule has 0 atom stereocenters. The van der Waals surface area contributed by atoms with E-state index in [9.17, 15) is 8.42 Å². The third kappa shape index (κ3) is 4.36. The summed E-state index contributed by atoms with van der Waals surface area (Å²) in [6, 6.07) is 9.48. The fourth-order valence-corrected chi connectivity index (χ4v) is 2.64. The zero-order valence-electron chi connectivity index (χ0n) is 10.3. The Kier molecular flexibility index (Phi) is 4.61. The van der Waals surface area contributed by atoms with Crippen molar-refractivity contribution in [1.29, 1.82) is 0 Å². The smallest absolute Gasteiger partial charge is 0.232 e. The highest BCUT2D eigenvalue weighted by molar-refractivity contribution is 8.13. The van der Waals surface area contributed by atoms with Gasteiger partial charge in [-0.3, -0.25) is 4.98 Å². The summed E-state index contributed by atoms with van der Waals surface area (Å²) in [5.74, 6) is 0.744. The van der Waals surface area contributed by atoms with E-state index in [1.54, 1.807) is 6.20 Å². The van der Waals surface area contributed by atoms with E-state index in [0.29, 0.717) is 19.4 Å². The van der Waals surface area contributed by atoms with Crippen LogP contribution in [0.1, 0.15) is 12.8 Å². The van der Waals surface area contributed by atoms with Crippen LogP contribution in [-0.2, 0) is 9.05 Å². The van der Waals surface area contributed by atoms with Crippen LogP contribution in [0.2, 0.25) is 0 Å². The molecule has 2 rings (SSSR count). The molecule has 4 nitrogen and oxygen atoms in total. The Hall–Kier alpha value is -1.33. The van der Waals surface area contributed by atoms with Crippen molar-refractivity contribution in [2.75, 3.05) is 12.4 Å². The molecule has 102 valence electrons. The molecule has 1 aromatic heterocycles. The van der Waals surface area contributed by atoms with E-state index in [0.717, 1.165) is 16.7 Å². The number of nitrogens with zero attached hydrogens (tertiary/aromatic N) is 1. The minimum atomic E-state index is -3.40. The van der Waals surface area contributed by atoms with Gasteiger partial charge in [-0.2, -0.15) is 0 Å². The van der Waals surface area contributed by atoms with Crippen molar-refractivity contribution in [1.82, 2.24) is 4.98 Å². The normalized spacial score (nSPS) is 11.6. The molecule has 0 saturated heterocycles. The summed E-state index contributed by atoms with van der Waals surface area (Å²) in [4.78, 5) is 4.24. The quantitative estimate of drug-likeness (QED) is 0.608. The van der Waals surface area contributed by atoms with Gasteiger partial charge in [0.2, 0.25) is 9.05 Å². The molecule has 0 saturated carbocycles. The van der Waals surface area contributed by atoms with E-state index >= 15 is 0 Å². The number of hydrogen-bond acceptors (Lipinski definition) is 4. The summed E-state index contributed by atoms with van der Waals surface area (Å²) < 4.78 is 27.2.